The van der Waals surface area contributed by atoms with Crippen LogP contribution in [0.15, 0.2) is 48.5 Å². The van der Waals surface area contributed by atoms with Gasteiger partial charge in [-0.2, -0.15) is 0 Å². The Morgan fingerprint density at radius 1 is 1.03 bits per heavy atom. The Labute approximate surface area is 206 Å². The van der Waals surface area contributed by atoms with Gasteiger partial charge in [-0.15, -0.1) is 0 Å². The summed E-state index contributed by atoms with van der Waals surface area (Å²) in [5, 5.41) is 4.24. The third-order valence-electron chi connectivity index (χ3n) is 7.54. The Morgan fingerprint density at radius 2 is 1.77 bits per heavy atom. The second kappa shape index (κ2) is 9.29. The molecule has 1 aromatic heterocycles. The monoisotopic (exact) mass is 475 g/mol. The fourth-order valence-corrected chi connectivity index (χ4v) is 5.45. The highest BCUT2D eigenvalue weighted by atomic mass is 16.5. The molecule has 1 fully saturated rings. The van der Waals surface area contributed by atoms with Crippen molar-refractivity contribution < 1.29 is 19.1 Å². The van der Waals surface area contributed by atoms with Gasteiger partial charge in [0.15, 0.2) is 0 Å². The summed E-state index contributed by atoms with van der Waals surface area (Å²) in [6, 6.07) is 15.5. The van der Waals surface area contributed by atoms with Crippen LogP contribution in [0, 0.1) is 0 Å². The van der Waals surface area contributed by atoms with E-state index in [1.807, 2.05) is 60.0 Å². The number of nitrogens with zero attached hydrogens (tertiary/aromatic N) is 2. The van der Waals surface area contributed by atoms with Crippen molar-refractivity contribution >= 4 is 22.7 Å². The fraction of sp³-hybridized carbons (Fsp3) is 0.429. The zero-order valence-electron chi connectivity index (χ0n) is 20.7. The number of carbonyl (C=O) groups is 2. The van der Waals surface area contributed by atoms with E-state index in [0.29, 0.717) is 18.8 Å². The second-order valence-corrected chi connectivity index (χ2v) is 9.87. The van der Waals surface area contributed by atoms with E-state index < -0.39 is 5.54 Å². The van der Waals surface area contributed by atoms with E-state index in [9.17, 15) is 9.59 Å². The van der Waals surface area contributed by atoms with Gasteiger partial charge in [0.25, 0.3) is 5.91 Å². The molecule has 0 unspecified atom stereocenters. The predicted molar refractivity (Wildman–Crippen MR) is 135 cm³/mol. The van der Waals surface area contributed by atoms with Crippen LogP contribution in [0.4, 0.5) is 0 Å². The minimum Gasteiger partial charge on any atom is -0.497 e. The van der Waals surface area contributed by atoms with Crippen molar-refractivity contribution in [3.63, 3.8) is 0 Å². The Hall–Kier alpha value is -3.48. The average Bonchev–Trinajstić information content (AvgIpc) is 3.24. The molecule has 7 nitrogen and oxygen atoms in total. The molecule has 1 atom stereocenters. The average molecular weight is 476 g/mol. The van der Waals surface area contributed by atoms with Crippen molar-refractivity contribution in [2.45, 2.75) is 63.7 Å². The maximum Gasteiger partial charge on any atom is 0.271 e. The van der Waals surface area contributed by atoms with Crippen LogP contribution in [-0.2, 0) is 17.9 Å². The van der Waals surface area contributed by atoms with Crippen LogP contribution < -0.4 is 14.8 Å². The first-order valence-corrected chi connectivity index (χ1v) is 12.4. The first kappa shape index (κ1) is 23.3. The van der Waals surface area contributed by atoms with E-state index in [-0.39, 0.29) is 17.9 Å². The van der Waals surface area contributed by atoms with E-state index in [0.717, 1.165) is 53.6 Å². The molecule has 5 rings (SSSR count). The molecule has 1 aliphatic heterocycles. The number of fused-ring (bicyclic) bond motifs is 3. The molecule has 184 valence electrons. The lowest BCUT2D eigenvalue weighted by Crippen LogP contribution is -2.64. The van der Waals surface area contributed by atoms with Gasteiger partial charge in [-0.3, -0.25) is 9.59 Å². The number of amides is 2. The van der Waals surface area contributed by atoms with Crippen molar-refractivity contribution in [3.05, 3.63) is 59.8 Å². The molecule has 2 aromatic carbocycles. The zero-order valence-corrected chi connectivity index (χ0v) is 20.7. The first-order valence-electron chi connectivity index (χ1n) is 12.4. The number of hydrogen-bond acceptors (Lipinski definition) is 4. The summed E-state index contributed by atoms with van der Waals surface area (Å²) in [6.07, 6.45) is 5.44. The summed E-state index contributed by atoms with van der Waals surface area (Å²) in [6.45, 7) is 2.57. The van der Waals surface area contributed by atoms with Gasteiger partial charge in [-0.1, -0.05) is 31.4 Å². The Balaban J connectivity index is 1.56. The van der Waals surface area contributed by atoms with E-state index in [1.165, 1.54) is 6.42 Å². The fourth-order valence-electron chi connectivity index (χ4n) is 5.45. The molecule has 3 aromatic rings. The Kier molecular flexibility index (Phi) is 6.17. The van der Waals surface area contributed by atoms with Gasteiger partial charge < -0.3 is 24.3 Å². The summed E-state index contributed by atoms with van der Waals surface area (Å²) in [7, 11) is 3.25. The molecule has 1 saturated carbocycles. The molecule has 0 bridgehead atoms. The van der Waals surface area contributed by atoms with Crippen molar-refractivity contribution in [1.82, 2.24) is 14.8 Å². The van der Waals surface area contributed by atoms with Crippen LogP contribution in [0.1, 0.15) is 55.1 Å². The molecular formula is C28H33N3O4. The van der Waals surface area contributed by atoms with Crippen molar-refractivity contribution in [2.24, 2.45) is 0 Å². The molecule has 2 amide bonds. The lowest BCUT2D eigenvalue weighted by molar-refractivity contribution is -0.134. The normalized spacial score (nSPS) is 20.5. The molecule has 0 saturated heterocycles. The molecule has 7 heteroatoms. The molecule has 2 aliphatic rings. The van der Waals surface area contributed by atoms with Gasteiger partial charge in [-0.25, -0.2) is 0 Å². The highest BCUT2D eigenvalue weighted by molar-refractivity contribution is 6.03. The second-order valence-electron chi connectivity index (χ2n) is 9.87. The van der Waals surface area contributed by atoms with Gasteiger partial charge in [-0.05, 0) is 55.7 Å². The quantitative estimate of drug-likeness (QED) is 0.569. The SMILES string of the molecule is COc1cccc(CN2C(=O)c3cc4ccc(OC)cc4n3C[C@@]2(C)C(=O)NC2CCCCC2)c1. The highest BCUT2D eigenvalue weighted by Crippen LogP contribution is 2.35. The van der Waals surface area contributed by atoms with Crippen LogP contribution in [-0.4, -0.2) is 47.1 Å². The number of carbonyl (C=O) groups excluding carboxylic acids is 2. The first-order chi connectivity index (χ1) is 16.9. The number of benzene rings is 2. The van der Waals surface area contributed by atoms with Crippen molar-refractivity contribution in [3.8, 4) is 11.5 Å². The lowest BCUT2D eigenvalue weighted by Gasteiger charge is -2.45. The molecule has 0 spiro atoms. The van der Waals surface area contributed by atoms with Crippen LogP contribution in [0.25, 0.3) is 10.9 Å². The summed E-state index contributed by atoms with van der Waals surface area (Å²) in [5.41, 5.74) is 1.34. The Bertz CT molecular complexity index is 1260. The zero-order chi connectivity index (χ0) is 24.6. The molecular weight excluding hydrogens is 442 g/mol. The smallest absolute Gasteiger partial charge is 0.271 e. The van der Waals surface area contributed by atoms with Gasteiger partial charge in [0.1, 0.15) is 22.7 Å². The maximum atomic E-state index is 14.0. The predicted octanol–water partition coefficient (Wildman–Crippen LogP) is 4.52. The molecule has 1 aliphatic carbocycles. The molecule has 1 N–H and O–H groups in total. The highest BCUT2D eigenvalue weighted by Gasteiger charge is 2.48. The van der Waals surface area contributed by atoms with Crippen LogP contribution in [0.5, 0.6) is 11.5 Å². The number of aromatic nitrogens is 1. The molecule has 0 radical (unpaired) electrons. The number of methoxy groups -OCH3 is 2. The maximum absolute atomic E-state index is 14.0. The number of nitrogens with one attached hydrogen (secondary N) is 1. The third-order valence-corrected chi connectivity index (χ3v) is 7.54. The van der Waals surface area contributed by atoms with Crippen molar-refractivity contribution in [1.29, 1.82) is 0 Å². The van der Waals surface area contributed by atoms with E-state index >= 15 is 0 Å². The standard InChI is InChI=1S/C28H33N3O4/c1-28(27(33)29-21-9-5-4-6-10-21)18-30-24-16-23(35-3)13-12-20(24)15-25(30)26(32)31(28)17-19-8-7-11-22(14-19)34-2/h7-8,11-16,21H,4-6,9-10,17-18H2,1-3H3,(H,29,33)/t28-/m0/s1. The van der Waals surface area contributed by atoms with Crippen LogP contribution in [0.2, 0.25) is 0 Å². The summed E-state index contributed by atoms with van der Waals surface area (Å²) >= 11 is 0. The van der Waals surface area contributed by atoms with Gasteiger partial charge in [0.05, 0.1) is 26.3 Å². The van der Waals surface area contributed by atoms with Crippen LogP contribution >= 0.6 is 0 Å². The van der Waals surface area contributed by atoms with E-state index in [1.54, 1.807) is 19.1 Å². The Morgan fingerprint density at radius 3 is 2.51 bits per heavy atom. The topological polar surface area (TPSA) is 72.8 Å². The summed E-state index contributed by atoms with van der Waals surface area (Å²) < 4.78 is 12.8. The van der Waals surface area contributed by atoms with E-state index in [2.05, 4.69) is 5.32 Å². The van der Waals surface area contributed by atoms with Crippen LogP contribution in [0.3, 0.4) is 0 Å². The molecule has 35 heavy (non-hydrogen) atoms. The van der Waals surface area contributed by atoms with Gasteiger partial charge in [0.2, 0.25) is 5.91 Å². The molecule has 2 heterocycles. The number of hydrogen-bond donors (Lipinski definition) is 1. The minimum absolute atomic E-state index is 0.101. The third kappa shape index (κ3) is 4.24. The van der Waals surface area contributed by atoms with Gasteiger partial charge >= 0.3 is 0 Å². The minimum atomic E-state index is -1.06. The van der Waals surface area contributed by atoms with Gasteiger partial charge in [0, 0.05) is 24.0 Å². The van der Waals surface area contributed by atoms with E-state index in [4.69, 9.17) is 9.47 Å². The lowest BCUT2D eigenvalue weighted by atomic mass is 9.91. The summed E-state index contributed by atoms with van der Waals surface area (Å²) in [4.78, 5) is 29.6. The van der Waals surface area contributed by atoms with Crippen molar-refractivity contribution in [2.75, 3.05) is 14.2 Å². The largest absolute Gasteiger partial charge is 0.497 e. The number of ether oxygens (including phenoxy) is 2. The number of rotatable bonds is 6. The summed E-state index contributed by atoms with van der Waals surface area (Å²) in [5.74, 6) is 1.19.